The second kappa shape index (κ2) is 11.7. The van der Waals surface area contributed by atoms with E-state index in [-0.39, 0.29) is 17.8 Å². The number of rotatable bonds is 7. The molecule has 190 valence electrons. The van der Waals surface area contributed by atoms with Crippen molar-refractivity contribution in [2.75, 3.05) is 11.1 Å². The molecule has 1 aliphatic rings. The highest BCUT2D eigenvalue weighted by atomic mass is 35.5. The Morgan fingerprint density at radius 2 is 1.94 bits per heavy atom. The summed E-state index contributed by atoms with van der Waals surface area (Å²) < 4.78 is 7.94. The Bertz CT molecular complexity index is 1290. The molecule has 0 radical (unpaired) electrons. The first kappa shape index (κ1) is 26.5. The van der Waals surface area contributed by atoms with Crippen LogP contribution >= 0.6 is 34.7 Å². The normalized spacial score (nSPS) is 14.3. The minimum Gasteiger partial charge on any atom is -0.483 e. The molecule has 4 rings (SSSR count). The SMILES string of the molecule is Cc1cc(OC(C)c2nnc(SCC(=O)Nc3sc4c(c3C#N)CCCCCC4)n2C)cc(C)c1Cl. The van der Waals surface area contributed by atoms with Gasteiger partial charge in [0.2, 0.25) is 5.91 Å². The summed E-state index contributed by atoms with van der Waals surface area (Å²) in [5.41, 5.74) is 3.67. The number of aryl methyl sites for hydroxylation is 3. The molecule has 1 aromatic carbocycles. The average molecular weight is 544 g/mol. The number of nitriles is 1. The molecule has 1 aliphatic carbocycles. The van der Waals surface area contributed by atoms with Crippen LogP contribution in [0.3, 0.4) is 0 Å². The number of benzene rings is 1. The molecule has 1 N–H and O–H groups in total. The van der Waals surface area contributed by atoms with E-state index < -0.39 is 0 Å². The number of ether oxygens (including phenoxy) is 1. The second-order valence-electron chi connectivity index (χ2n) is 9.10. The number of aromatic nitrogens is 3. The molecule has 36 heavy (non-hydrogen) atoms. The van der Waals surface area contributed by atoms with E-state index in [2.05, 4.69) is 21.6 Å². The van der Waals surface area contributed by atoms with Gasteiger partial charge >= 0.3 is 0 Å². The summed E-state index contributed by atoms with van der Waals surface area (Å²) in [5, 5.41) is 23.3. The van der Waals surface area contributed by atoms with E-state index in [1.54, 1.807) is 11.3 Å². The van der Waals surface area contributed by atoms with E-state index in [9.17, 15) is 10.1 Å². The van der Waals surface area contributed by atoms with Gasteiger partial charge in [-0.15, -0.1) is 21.5 Å². The summed E-state index contributed by atoms with van der Waals surface area (Å²) in [5.74, 6) is 1.39. The zero-order chi connectivity index (χ0) is 25.8. The molecule has 0 saturated carbocycles. The third-order valence-electron chi connectivity index (χ3n) is 6.32. The molecule has 1 atom stereocenters. The molecule has 3 aromatic rings. The molecule has 2 heterocycles. The van der Waals surface area contributed by atoms with Crippen LogP contribution < -0.4 is 10.1 Å². The van der Waals surface area contributed by atoms with E-state index in [4.69, 9.17) is 16.3 Å². The first-order valence-corrected chi connectivity index (χ1v) is 14.3. The maximum absolute atomic E-state index is 12.8. The lowest BCUT2D eigenvalue weighted by Gasteiger charge is -2.16. The monoisotopic (exact) mass is 543 g/mol. The summed E-state index contributed by atoms with van der Waals surface area (Å²) in [6.07, 6.45) is 6.20. The molecular formula is C26H30ClN5O2S2. The number of fused-ring (bicyclic) bond motifs is 1. The summed E-state index contributed by atoms with van der Waals surface area (Å²) in [6, 6.07) is 6.14. The van der Waals surface area contributed by atoms with Crippen molar-refractivity contribution < 1.29 is 9.53 Å². The molecular weight excluding hydrogens is 514 g/mol. The van der Waals surface area contributed by atoms with Gasteiger partial charge in [0, 0.05) is 16.9 Å². The van der Waals surface area contributed by atoms with E-state index in [0.29, 0.717) is 21.5 Å². The van der Waals surface area contributed by atoms with Gasteiger partial charge < -0.3 is 14.6 Å². The highest BCUT2D eigenvalue weighted by Crippen LogP contribution is 2.37. The zero-order valence-corrected chi connectivity index (χ0v) is 23.4. The van der Waals surface area contributed by atoms with Crippen molar-refractivity contribution in [2.45, 2.75) is 70.6 Å². The van der Waals surface area contributed by atoms with Gasteiger partial charge in [-0.05, 0) is 75.3 Å². The van der Waals surface area contributed by atoms with Crippen molar-refractivity contribution in [1.82, 2.24) is 14.8 Å². The Kier molecular flexibility index (Phi) is 8.60. The largest absolute Gasteiger partial charge is 0.483 e. The Balaban J connectivity index is 1.39. The first-order valence-electron chi connectivity index (χ1n) is 12.1. The number of hydrogen-bond donors (Lipinski definition) is 1. The van der Waals surface area contributed by atoms with Gasteiger partial charge in [-0.3, -0.25) is 4.79 Å². The molecule has 0 saturated heterocycles. The molecule has 10 heteroatoms. The van der Waals surface area contributed by atoms with Gasteiger partial charge in [0.25, 0.3) is 0 Å². The van der Waals surface area contributed by atoms with Crippen LogP contribution in [0.4, 0.5) is 5.00 Å². The van der Waals surface area contributed by atoms with Crippen LogP contribution in [0.1, 0.15) is 71.7 Å². The van der Waals surface area contributed by atoms with Crippen LogP contribution in [0.2, 0.25) is 5.02 Å². The molecule has 1 amide bonds. The second-order valence-corrected chi connectivity index (χ2v) is 11.5. The lowest BCUT2D eigenvalue weighted by atomic mass is 9.97. The summed E-state index contributed by atoms with van der Waals surface area (Å²) in [4.78, 5) is 14.0. The minimum atomic E-state index is -0.338. The summed E-state index contributed by atoms with van der Waals surface area (Å²) in [6.45, 7) is 5.81. The van der Waals surface area contributed by atoms with Crippen molar-refractivity contribution >= 4 is 45.6 Å². The molecule has 0 fully saturated rings. The fourth-order valence-electron chi connectivity index (χ4n) is 4.46. The third kappa shape index (κ3) is 5.88. The van der Waals surface area contributed by atoms with Crippen LogP contribution in [-0.4, -0.2) is 26.4 Å². The topological polar surface area (TPSA) is 92.8 Å². The van der Waals surface area contributed by atoms with Crippen LogP contribution in [0, 0.1) is 25.2 Å². The van der Waals surface area contributed by atoms with Crippen LogP contribution in [0.25, 0.3) is 0 Å². The molecule has 1 unspecified atom stereocenters. The smallest absolute Gasteiger partial charge is 0.235 e. The highest BCUT2D eigenvalue weighted by molar-refractivity contribution is 7.99. The predicted molar refractivity (Wildman–Crippen MR) is 145 cm³/mol. The maximum Gasteiger partial charge on any atom is 0.235 e. The number of thiophene rings is 1. The predicted octanol–water partition coefficient (Wildman–Crippen LogP) is 6.55. The van der Waals surface area contributed by atoms with E-state index >= 15 is 0 Å². The highest BCUT2D eigenvalue weighted by Gasteiger charge is 2.22. The van der Waals surface area contributed by atoms with Gasteiger partial charge in [0.05, 0.1) is 11.3 Å². The van der Waals surface area contributed by atoms with Gasteiger partial charge in [0.1, 0.15) is 16.8 Å². The van der Waals surface area contributed by atoms with Crippen molar-refractivity contribution in [3.05, 3.63) is 50.1 Å². The van der Waals surface area contributed by atoms with Gasteiger partial charge in [0.15, 0.2) is 17.1 Å². The fourth-order valence-corrected chi connectivity index (χ4v) is 6.54. The van der Waals surface area contributed by atoms with E-state index in [1.165, 1.54) is 29.5 Å². The number of hydrogen-bond acceptors (Lipinski definition) is 7. The van der Waals surface area contributed by atoms with E-state index in [1.807, 2.05) is 44.5 Å². The number of nitrogens with zero attached hydrogens (tertiary/aromatic N) is 4. The van der Waals surface area contributed by atoms with Gasteiger partial charge in [-0.2, -0.15) is 5.26 Å². The number of carbonyl (C=O) groups is 1. The van der Waals surface area contributed by atoms with Crippen molar-refractivity contribution in [3.8, 4) is 11.8 Å². The zero-order valence-electron chi connectivity index (χ0n) is 21.0. The van der Waals surface area contributed by atoms with Crippen LogP contribution in [-0.2, 0) is 24.7 Å². The Labute approximate surface area is 225 Å². The maximum atomic E-state index is 12.8. The number of halogens is 1. The molecule has 0 spiro atoms. The minimum absolute atomic E-state index is 0.160. The van der Waals surface area contributed by atoms with Crippen molar-refractivity contribution in [1.29, 1.82) is 5.26 Å². The lowest BCUT2D eigenvalue weighted by molar-refractivity contribution is -0.113. The summed E-state index contributed by atoms with van der Waals surface area (Å²) in [7, 11) is 1.86. The number of amides is 1. The number of carbonyl (C=O) groups excluding carboxylic acids is 1. The molecule has 2 aromatic heterocycles. The lowest BCUT2D eigenvalue weighted by Crippen LogP contribution is -2.15. The molecule has 0 bridgehead atoms. The first-order chi connectivity index (χ1) is 17.3. The number of thioether (sulfide) groups is 1. The van der Waals surface area contributed by atoms with Crippen LogP contribution in [0.15, 0.2) is 17.3 Å². The Morgan fingerprint density at radius 1 is 1.25 bits per heavy atom. The third-order valence-corrected chi connectivity index (χ3v) is 9.15. The van der Waals surface area contributed by atoms with E-state index in [0.717, 1.165) is 53.1 Å². The fraction of sp³-hybridized carbons (Fsp3) is 0.462. The van der Waals surface area contributed by atoms with Crippen molar-refractivity contribution in [2.24, 2.45) is 7.05 Å². The van der Waals surface area contributed by atoms with Gasteiger partial charge in [-0.25, -0.2) is 0 Å². The van der Waals surface area contributed by atoms with Crippen molar-refractivity contribution in [3.63, 3.8) is 0 Å². The average Bonchev–Trinajstić information content (AvgIpc) is 3.34. The Hall–Kier alpha value is -2.54. The van der Waals surface area contributed by atoms with Gasteiger partial charge in [-0.1, -0.05) is 36.2 Å². The standard InChI is InChI=1S/C26H30ClN5O2S2/c1-15-11-18(12-16(2)23(15)27)34-17(3)24-30-31-26(32(24)4)35-14-22(33)29-25-20(13-28)19-9-7-5-6-8-10-21(19)36-25/h11-12,17H,5-10,14H2,1-4H3,(H,29,33). The molecule has 7 nitrogen and oxygen atoms in total. The number of anilines is 1. The molecule has 0 aliphatic heterocycles. The Morgan fingerprint density at radius 3 is 2.64 bits per heavy atom. The summed E-state index contributed by atoms with van der Waals surface area (Å²) >= 11 is 9.13. The quantitative estimate of drug-likeness (QED) is 0.340. The number of nitrogens with one attached hydrogen (secondary N) is 1. The van der Waals surface area contributed by atoms with Crippen LogP contribution in [0.5, 0.6) is 5.75 Å².